The fourth-order valence-corrected chi connectivity index (χ4v) is 8.00. The molecular weight excluding hydrogens is 1030 g/mol. The molecule has 0 aliphatic rings. The molecule has 0 aromatic heterocycles. The molecule has 10 heteroatoms. The summed E-state index contributed by atoms with van der Waals surface area (Å²) >= 11 is 0. The summed E-state index contributed by atoms with van der Waals surface area (Å²) < 4.78 is 33.0. The van der Waals surface area contributed by atoms with E-state index in [-0.39, 0.29) is 32.6 Å². The van der Waals surface area contributed by atoms with Gasteiger partial charge in [0.2, 0.25) is 0 Å². The molecule has 0 fully saturated rings. The first kappa shape index (κ1) is 75.6. The van der Waals surface area contributed by atoms with Crippen molar-refractivity contribution in [3.63, 3.8) is 0 Å². The zero-order valence-electron chi connectivity index (χ0n) is 50.2. The van der Waals surface area contributed by atoms with E-state index in [1.807, 2.05) is 6.08 Å². The first-order valence-corrected chi connectivity index (χ1v) is 32.1. The number of esters is 2. The summed E-state index contributed by atoms with van der Waals surface area (Å²) in [6.07, 6.45) is 98.9. The van der Waals surface area contributed by atoms with E-state index in [1.165, 1.54) is 0 Å². The number of carbonyl (C=O) groups is 2. The van der Waals surface area contributed by atoms with E-state index in [2.05, 4.69) is 214 Å². The van der Waals surface area contributed by atoms with Gasteiger partial charge in [0, 0.05) is 19.4 Å². The van der Waals surface area contributed by atoms with Crippen molar-refractivity contribution in [2.45, 2.75) is 200 Å². The lowest BCUT2D eigenvalue weighted by molar-refractivity contribution is -0.161. The maximum atomic E-state index is 12.7. The minimum absolute atomic E-state index is 0.0292. The van der Waals surface area contributed by atoms with E-state index < -0.39 is 32.5 Å². The largest absolute Gasteiger partial charge is 0.472 e. The maximum Gasteiger partial charge on any atom is 0.472 e. The highest BCUT2D eigenvalue weighted by Crippen LogP contribution is 2.43. The van der Waals surface area contributed by atoms with Gasteiger partial charge < -0.3 is 20.1 Å². The number of ether oxygens (including phenoxy) is 2. The predicted molar refractivity (Wildman–Crippen MR) is 348 cm³/mol. The van der Waals surface area contributed by atoms with Crippen LogP contribution < -0.4 is 5.73 Å². The smallest absolute Gasteiger partial charge is 0.462 e. The maximum absolute atomic E-state index is 12.7. The second-order valence-corrected chi connectivity index (χ2v) is 20.6. The van der Waals surface area contributed by atoms with E-state index in [0.29, 0.717) is 19.3 Å². The lowest BCUT2D eigenvalue weighted by Gasteiger charge is -2.19. The van der Waals surface area contributed by atoms with Gasteiger partial charge in [-0.2, -0.15) is 0 Å². The quantitative estimate of drug-likeness (QED) is 0.0264. The van der Waals surface area contributed by atoms with Crippen LogP contribution in [-0.4, -0.2) is 49.3 Å². The number of hydrogen-bond acceptors (Lipinski definition) is 8. The van der Waals surface area contributed by atoms with Crippen molar-refractivity contribution in [2.24, 2.45) is 5.73 Å². The molecular formula is C71H108NO8P. The highest BCUT2D eigenvalue weighted by atomic mass is 31.2. The number of unbranched alkanes of at least 4 members (excludes halogenated alkanes) is 7. The zero-order chi connectivity index (χ0) is 58.7. The summed E-state index contributed by atoms with van der Waals surface area (Å²) in [5.74, 6) is -0.935. The lowest BCUT2D eigenvalue weighted by Crippen LogP contribution is -2.29. The number of nitrogens with two attached hydrogens (primary N) is 1. The van der Waals surface area contributed by atoms with Crippen LogP contribution in [0.4, 0.5) is 0 Å². The standard InChI is InChI=1S/C71H108NO8P/c1-3-5-7-9-11-13-15-17-19-21-23-25-27-29-31-33-34-36-37-39-41-43-45-47-49-51-53-55-57-59-61-63-70(73)77-67-69(68-79-81(75,76)78-66-65-72)80-71(74)64-62-60-58-56-54-52-50-48-46-44-42-40-38-35-32-30-28-26-24-22-20-18-16-14-12-10-8-6-4-2/h5-8,11-14,17-20,23-26,29-32,34,36,38-41,44-47,50,52,56,58,69H,3-4,9-10,15-16,21-22,27-28,33,35,37,42-43,48-49,51,53-55,57,59-68,72H2,1-2H3,(H,75,76)/b7-5-,8-6-,13-11-,14-12-,19-17-,20-18-,25-23-,26-24-,31-29-,32-30-,36-34-,40-38-,41-39-,46-44-,47-45-,52-50-,58-56-. The molecule has 9 nitrogen and oxygen atoms in total. The van der Waals surface area contributed by atoms with E-state index in [1.54, 1.807) is 0 Å². The fraction of sp³-hybridized carbons (Fsp3) is 0.493. The minimum atomic E-state index is -4.43. The molecule has 0 aromatic rings. The third kappa shape index (κ3) is 63.6. The topological polar surface area (TPSA) is 134 Å². The zero-order valence-corrected chi connectivity index (χ0v) is 51.1. The first-order chi connectivity index (χ1) is 39.8. The Hall–Kier alpha value is -5.41. The van der Waals surface area contributed by atoms with Crippen molar-refractivity contribution >= 4 is 19.8 Å². The first-order valence-electron chi connectivity index (χ1n) is 30.6. The van der Waals surface area contributed by atoms with Crippen LogP contribution in [0.3, 0.4) is 0 Å². The molecule has 0 aliphatic carbocycles. The normalized spacial score (nSPS) is 14.5. The van der Waals surface area contributed by atoms with Gasteiger partial charge in [0.25, 0.3) is 0 Å². The van der Waals surface area contributed by atoms with Crippen LogP contribution in [0.25, 0.3) is 0 Å². The van der Waals surface area contributed by atoms with Gasteiger partial charge in [-0.05, 0) is 141 Å². The van der Waals surface area contributed by atoms with Crippen LogP contribution in [-0.2, 0) is 32.7 Å². The summed E-state index contributed by atoms with van der Waals surface area (Å²) in [5.41, 5.74) is 5.38. The summed E-state index contributed by atoms with van der Waals surface area (Å²) in [7, 11) is -4.43. The second kappa shape index (κ2) is 63.8. The molecule has 0 spiro atoms. The molecule has 0 rings (SSSR count). The Labute approximate surface area is 493 Å². The third-order valence-corrected chi connectivity index (χ3v) is 12.6. The van der Waals surface area contributed by atoms with Crippen LogP contribution in [0.15, 0.2) is 207 Å². The van der Waals surface area contributed by atoms with Crippen molar-refractivity contribution in [2.75, 3.05) is 26.4 Å². The minimum Gasteiger partial charge on any atom is -0.462 e. The van der Waals surface area contributed by atoms with Gasteiger partial charge in [-0.15, -0.1) is 0 Å². The molecule has 450 valence electrons. The Bertz CT molecular complexity index is 2070. The Balaban J connectivity index is 4.18. The molecule has 0 radical (unpaired) electrons. The summed E-state index contributed by atoms with van der Waals surface area (Å²) in [4.78, 5) is 35.2. The SMILES string of the molecule is CC/C=C\C/C=C\C/C=C\C/C=C\C/C=C\C/C=C\C/C=C\C/C=C\C/C=C\CCCC(=O)OC(COC(=O)CCCCCCCC/C=C\C/C=C\C/C=C\C/C=C\C/C=C\C/C=C\C/C=C\C/C=C\CC)COP(=O)(O)OCCN. The van der Waals surface area contributed by atoms with Gasteiger partial charge >= 0.3 is 19.8 Å². The fourth-order valence-electron chi connectivity index (χ4n) is 7.24. The van der Waals surface area contributed by atoms with Crippen LogP contribution in [0.2, 0.25) is 0 Å². The lowest BCUT2D eigenvalue weighted by atomic mass is 10.1. The highest BCUT2D eigenvalue weighted by Gasteiger charge is 2.26. The van der Waals surface area contributed by atoms with E-state index >= 15 is 0 Å². The average molecular weight is 1130 g/mol. The molecule has 0 aromatic carbocycles. The number of hydrogen-bond donors (Lipinski definition) is 2. The van der Waals surface area contributed by atoms with Crippen molar-refractivity contribution < 1.29 is 37.6 Å². The van der Waals surface area contributed by atoms with Crippen LogP contribution in [0.1, 0.15) is 194 Å². The molecule has 0 saturated heterocycles. The number of phosphoric ester groups is 1. The molecule has 0 amide bonds. The molecule has 0 saturated carbocycles. The van der Waals surface area contributed by atoms with Crippen LogP contribution in [0.5, 0.6) is 0 Å². The van der Waals surface area contributed by atoms with Crippen molar-refractivity contribution in [1.82, 2.24) is 0 Å². The third-order valence-electron chi connectivity index (χ3n) is 11.7. The Kier molecular flexibility index (Phi) is 59.5. The van der Waals surface area contributed by atoms with Crippen molar-refractivity contribution in [1.29, 1.82) is 0 Å². The van der Waals surface area contributed by atoms with Crippen molar-refractivity contribution in [3.8, 4) is 0 Å². The Morgan fingerprint density at radius 1 is 0.370 bits per heavy atom. The number of carbonyl (C=O) groups excluding carboxylic acids is 2. The van der Waals surface area contributed by atoms with E-state index in [4.69, 9.17) is 24.3 Å². The summed E-state index contributed by atoms with van der Waals surface area (Å²) in [6.45, 7) is 3.39. The summed E-state index contributed by atoms with van der Waals surface area (Å²) in [6, 6.07) is 0. The molecule has 3 N–H and O–H groups in total. The van der Waals surface area contributed by atoms with Crippen molar-refractivity contribution in [3.05, 3.63) is 207 Å². The Morgan fingerprint density at radius 2 is 0.654 bits per heavy atom. The molecule has 0 aliphatic heterocycles. The summed E-state index contributed by atoms with van der Waals surface area (Å²) in [5, 5.41) is 0. The van der Waals surface area contributed by atoms with E-state index in [9.17, 15) is 19.0 Å². The molecule has 0 bridgehead atoms. The number of phosphoric acid groups is 1. The second-order valence-electron chi connectivity index (χ2n) is 19.1. The monoisotopic (exact) mass is 1130 g/mol. The predicted octanol–water partition coefficient (Wildman–Crippen LogP) is 20.0. The highest BCUT2D eigenvalue weighted by molar-refractivity contribution is 7.47. The molecule has 0 heterocycles. The van der Waals surface area contributed by atoms with Gasteiger partial charge in [-0.3, -0.25) is 18.6 Å². The van der Waals surface area contributed by atoms with Gasteiger partial charge in [0.1, 0.15) is 6.61 Å². The molecule has 2 unspecified atom stereocenters. The van der Waals surface area contributed by atoms with Gasteiger partial charge in [0.15, 0.2) is 6.10 Å². The molecule has 2 atom stereocenters. The number of allylic oxidation sites excluding steroid dienone is 34. The van der Waals surface area contributed by atoms with Gasteiger partial charge in [-0.1, -0.05) is 246 Å². The average Bonchev–Trinajstić information content (AvgIpc) is 3.46. The van der Waals surface area contributed by atoms with E-state index in [0.717, 1.165) is 148 Å². The number of rotatable bonds is 54. The van der Waals surface area contributed by atoms with Crippen LogP contribution >= 0.6 is 7.82 Å². The molecule has 81 heavy (non-hydrogen) atoms. The van der Waals surface area contributed by atoms with Gasteiger partial charge in [-0.25, -0.2) is 4.57 Å². The Morgan fingerprint density at radius 3 is 0.988 bits per heavy atom. The van der Waals surface area contributed by atoms with Crippen LogP contribution in [0, 0.1) is 0 Å². The van der Waals surface area contributed by atoms with Gasteiger partial charge in [0.05, 0.1) is 13.2 Å².